The number of β-amino-alcohol motifs (C(OH)–C–C–N with tert-alkyl or cyclic N) is 1. The fourth-order valence-corrected chi connectivity index (χ4v) is 2.45. The number of aliphatic hydroxyl groups is 1. The summed E-state index contributed by atoms with van der Waals surface area (Å²) in [4.78, 5) is 36.4. The zero-order valence-corrected chi connectivity index (χ0v) is 11.9. The Bertz CT molecular complexity index is 595. The quantitative estimate of drug-likeness (QED) is 0.789. The summed E-state index contributed by atoms with van der Waals surface area (Å²) in [7, 11) is 0. The first-order chi connectivity index (χ1) is 9.68. The van der Waals surface area contributed by atoms with E-state index in [-0.39, 0.29) is 6.42 Å². The maximum Gasteiger partial charge on any atom is 0.337 e. The van der Waals surface area contributed by atoms with E-state index in [4.69, 9.17) is 5.11 Å². The van der Waals surface area contributed by atoms with Crippen LogP contribution in [-0.2, 0) is 19.8 Å². The predicted molar refractivity (Wildman–Crippen MR) is 73.4 cm³/mol. The van der Waals surface area contributed by atoms with Crippen molar-refractivity contribution in [2.45, 2.75) is 31.3 Å². The monoisotopic (exact) mass is 291 g/mol. The predicted octanol–water partition coefficient (Wildman–Crippen LogP) is 0.539. The number of imide groups is 1. The molecule has 2 N–H and O–H groups in total. The van der Waals surface area contributed by atoms with Crippen molar-refractivity contribution >= 4 is 17.8 Å². The summed E-state index contributed by atoms with van der Waals surface area (Å²) in [6, 6.07) is 8.86. The molecule has 0 spiro atoms. The van der Waals surface area contributed by atoms with Gasteiger partial charge in [-0.25, -0.2) is 4.79 Å². The van der Waals surface area contributed by atoms with Crippen molar-refractivity contribution < 1.29 is 24.6 Å². The third-order valence-electron chi connectivity index (χ3n) is 3.86. The molecular formula is C15H17NO5. The Morgan fingerprint density at radius 1 is 1.33 bits per heavy atom. The van der Waals surface area contributed by atoms with Crippen molar-refractivity contribution in [1.82, 2.24) is 4.90 Å². The van der Waals surface area contributed by atoms with Crippen molar-refractivity contribution in [2.24, 2.45) is 0 Å². The number of benzene rings is 1. The molecular weight excluding hydrogens is 274 g/mol. The van der Waals surface area contributed by atoms with Crippen LogP contribution < -0.4 is 0 Å². The average molecular weight is 291 g/mol. The number of carboxylic acids is 1. The summed E-state index contributed by atoms with van der Waals surface area (Å²) in [5.41, 5.74) is -2.49. The molecule has 1 saturated heterocycles. The number of carboxylic acid groups (broad SMARTS) is 1. The first-order valence-corrected chi connectivity index (χ1v) is 6.54. The fraction of sp³-hybridized carbons (Fsp3) is 0.400. The Kier molecular flexibility index (Phi) is 3.59. The number of likely N-dealkylation sites (tertiary alicyclic amines) is 1. The minimum absolute atomic E-state index is 0.0362. The Labute approximate surface area is 122 Å². The molecule has 21 heavy (non-hydrogen) atoms. The minimum Gasteiger partial charge on any atom is -0.479 e. The second-order valence-electron chi connectivity index (χ2n) is 5.74. The molecule has 2 unspecified atom stereocenters. The summed E-state index contributed by atoms with van der Waals surface area (Å²) >= 11 is 0. The van der Waals surface area contributed by atoms with Gasteiger partial charge in [0.2, 0.25) is 11.8 Å². The maximum atomic E-state index is 12.5. The van der Waals surface area contributed by atoms with E-state index in [9.17, 15) is 19.5 Å². The Morgan fingerprint density at radius 3 is 2.43 bits per heavy atom. The zero-order chi connectivity index (χ0) is 15.8. The van der Waals surface area contributed by atoms with Gasteiger partial charge in [0.1, 0.15) is 0 Å². The minimum atomic E-state index is -2.16. The third-order valence-corrected chi connectivity index (χ3v) is 3.86. The van der Waals surface area contributed by atoms with Crippen LogP contribution in [0.15, 0.2) is 30.3 Å². The third kappa shape index (κ3) is 2.54. The second kappa shape index (κ2) is 4.96. The van der Waals surface area contributed by atoms with E-state index in [1.165, 1.54) is 0 Å². The Morgan fingerprint density at radius 2 is 1.90 bits per heavy atom. The van der Waals surface area contributed by atoms with E-state index in [1.54, 1.807) is 37.3 Å². The molecule has 0 saturated carbocycles. The number of carbonyl (C=O) groups is 3. The lowest BCUT2D eigenvalue weighted by molar-refractivity contribution is -0.161. The lowest BCUT2D eigenvalue weighted by Crippen LogP contribution is -2.49. The first kappa shape index (κ1) is 15.2. The van der Waals surface area contributed by atoms with Gasteiger partial charge in [0.25, 0.3) is 0 Å². The highest BCUT2D eigenvalue weighted by molar-refractivity contribution is 6.09. The van der Waals surface area contributed by atoms with Crippen LogP contribution in [-0.4, -0.2) is 45.0 Å². The van der Waals surface area contributed by atoms with Crippen molar-refractivity contribution in [2.75, 3.05) is 6.54 Å². The first-order valence-electron chi connectivity index (χ1n) is 6.54. The molecule has 1 aromatic carbocycles. The molecule has 0 bridgehead atoms. The molecule has 0 aliphatic carbocycles. The smallest absolute Gasteiger partial charge is 0.337 e. The van der Waals surface area contributed by atoms with E-state index < -0.39 is 35.3 Å². The topological polar surface area (TPSA) is 94.9 Å². The summed E-state index contributed by atoms with van der Waals surface area (Å²) in [6.07, 6.45) is -0.0362. The fourth-order valence-electron chi connectivity index (χ4n) is 2.45. The summed E-state index contributed by atoms with van der Waals surface area (Å²) in [5.74, 6) is -2.44. The highest BCUT2D eigenvalue weighted by Gasteiger charge is 2.51. The summed E-state index contributed by atoms with van der Waals surface area (Å²) in [6.45, 7) is 2.16. The van der Waals surface area contributed by atoms with E-state index >= 15 is 0 Å². The zero-order valence-electron chi connectivity index (χ0n) is 11.9. The maximum absolute atomic E-state index is 12.5. The highest BCUT2D eigenvalue weighted by Crippen LogP contribution is 2.36. The average Bonchev–Trinajstić information content (AvgIpc) is 2.64. The molecule has 1 aliphatic heterocycles. The van der Waals surface area contributed by atoms with Gasteiger partial charge in [0.05, 0.1) is 12.0 Å². The lowest BCUT2D eigenvalue weighted by atomic mass is 9.81. The van der Waals surface area contributed by atoms with Crippen LogP contribution in [0.4, 0.5) is 0 Å². The molecule has 0 aromatic heterocycles. The lowest BCUT2D eigenvalue weighted by Gasteiger charge is -2.26. The van der Waals surface area contributed by atoms with Crippen LogP contribution in [0, 0.1) is 0 Å². The largest absolute Gasteiger partial charge is 0.479 e. The molecule has 2 atom stereocenters. The molecule has 1 fully saturated rings. The van der Waals surface area contributed by atoms with Gasteiger partial charge in [-0.2, -0.15) is 0 Å². The number of aliphatic carboxylic acids is 1. The Balaban J connectivity index is 2.31. The second-order valence-corrected chi connectivity index (χ2v) is 5.74. The van der Waals surface area contributed by atoms with Gasteiger partial charge in [-0.15, -0.1) is 0 Å². The molecule has 112 valence electrons. The van der Waals surface area contributed by atoms with Crippen molar-refractivity contribution in [3.63, 3.8) is 0 Å². The van der Waals surface area contributed by atoms with E-state index in [1.807, 2.05) is 0 Å². The molecule has 0 radical (unpaired) electrons. The normalized spacial score (nSPS) is 25.0. The van der Waals surface area contributed by atoms with Crippen LogP contribution >= 0.6 is 0 Å². The van der Waals surface area contributed by atoms with Crippen molar-refractivity contribution in [3.8, 4) is 0 Å². The summed E-state index contributed by atoms with van der Waals surface area (Å²) < 4.78 is 0. The molecule has 1 aliphatic rings. The van der Waals surface area contributed by atoms with Crippen LogP contribution in [0.25, 0.3) is 0 Å². The van der Waals surface area contributed by atoms with E-state index in [0.717, 1.165) is 11.8 Å². The molecule has 1 aromatic rings. The van der Waals surface area contributed by atoms with Crippen LogP contribution in [0.2, 0.25) is 0 Å². The number of hydrogen-bond acceptors (Lipinski definition) is 4. The molecule has 6 heteroatoms. The molecule has 1 heterocycles. The summed E-state index contributed by atoms with van der Waals surface area (Å²) in [5, 5.41) is 18.7. The van der Waals surface area contributed by atoms with Gasteiger partial charge in [-0.3, -0.25) is 14.5 Å². The van der Waals surface area contributed by atoms with Gasteiger partial charge in [-0.05, 0) is 19.4 Å². The van der Waals surface area contributed by atoms with Crippen molar-refractivity contribution in [3.05, 3.63) is 35.9 Å². The van der Waals surface area contributed by atoms with Gasteiger partial charge < -0.3 is 10.2 Å². The van der Waals surface area contributed by atoms with Crippen LogP contribution in [0.1, 0.15) is 25.8 Å². The number of amides is 2. The van der Waals surface area contributed by atoms with Gasteiger partial charge in [0.15, 0.2) is 5.60 Å². The van der Waals surface area contributed by atoms with Gasteiger partial charge in [-0.1, -0.05) is 30.3 Å². The molecule has 2 rings (SSSR count). The molecule has 2 amide bonds. The number of rotatable bonds is 4. The highest BCUT2D eigenvalue weighted by atomic mass is 16.4. The number of carbonyl (C=O) groups excluding carboxylic acids is 2. The van der Waals surface area contributed by atoms with Gasteiger partial charge >= 0.3 is 5.97 Å². The van der Waals surface area contributed by atoms with Crippen LogP contribution in [0.3, 0.4) is 0 Å². The molecule has 6 nitrogen and oxygen atoms in total. The number of nitrogens with zero attached hydrogens (tertiary/aromatic N) is 1. The van der Waals surface area contributed by atoms with Gasteiger partial charge in [0, 0.05) is 6.42 Å². The Hall–Kier alpha value is -2.21. The number of hydrogen-bond donors (Lipinski definition) is 2. The van der Waals surface area contributed by atoms with Crippen molar-refractivity contribution in [1.29, 1.82) is 0 Å². The SMILES string of the molecule is CC(O)(CN1C(=O)CC(C)(c2ccccc2)C1=O)C(=O)O. The van der Waals surface area contributed by atoms with Crippen LogP contribution in [0.5, 0.6) is 0 Å². The standard InChI is InChI=1S/C15H17NO5/c1-14(10-6-4-3-5-7-10)8-11(17)16(12(14)18)9-15(2,21)13(19)20/h3-7,21H,8-9H2,1-2H3,(H,19,20). The van der Waals surface area contributed by atoms with E-state index in [0.29, 0.717) is 5.56 Å². The van der Waals surface area contributed by atoms with E-state index in [2.05, 4.69) is 0 Å².